The Morgan fingerprint density at radius 1 is 1.24 bits per heavy atom. The third-order valence-electron chi connectivity index (χ3n) is 3.66. The molecule has 1 saturated heterocycles. The van der Waals surface area contributed by atoms with E-state index in [-0.39, 0.29) is 17.3 Å². The number of rotatable bonds is 6. The highest BCUT2D eigenvalue weighted by atomic mass is 28.4. The summed E-state index contributed by atoms with van der Waals surface area (Å²) >= 11 is 0. The molecule has 3 atom stereocenters. The van der Waals surface area contributed by atoms with Gasteiger partial charge in [0, 0.05) is 18.2 Å². The summed E-state index contributed by atoms with van der Waals surface area (Å²) in [5, 5.41) is 12.0. The number of nitro groups is 1. The molecule has 10 heteroatoms. The van der Waals surface area contributed by atoms with E-state index < -0.39 is 31.2 Å². The molecular weight excluding hydrogens is 357 g/mol. The van der Waals surface area contributed by atoms with Gasteiger partial charge < -0.3 is 4.43 Å². The van der Waals surface area contributed by atoms with E-state index in [1.165, 1.54) is 5.06 Å². The fraction of sp³-hybridized carbons (Fsp3) is 0.600. The number of hydrogen-bond acceptors (Lipinski definition) is 5. The summed E-state index contributed by atoms with van der Waals surface area (Å²) in [5.74, 6) is 0. The van der Waals surface area contributed by atoms with Crippen LogP contribution >= 0.6 is 0 Å². The van der Waals surface area contributed by atoms with Gasteiger partial charge in [0.05, 0.1) is 4.92 Å². The van der Waals surface area contributed by atoms with E-state index in [2.05, 4.69) is 0 Å². The highest BCUT2D eigenvalue weighted by Crippen LogP contribution is 2.53. The zero-order chi connectivity index (χ0) is 19.2. The van der Waals surface area contributed by atoms with Gasteiger partial charge >= 0.3 is 6.18 Å². The molecule has 1 aliphatic heterocycles. The van der Waals surface area contributed by atoms with E-state index in [0.717, 1.165) is 24.3 Å². The van der Waals surface area contributed by atoms with Gasteiger partial charge in [0.2, 0.25) is 5.60 Å². The molecular formula is C15H21F3N2O4Si. The molecule has 3 unspecified atom stereocenters. The summed E-state index contributed by atoms with van der Waals surface area (Å²) in [7, 11) is -2.67. The smallest absolute Gasteiger partial charge is 0.397 e. The minimum absolute atomic E-state index is 0.207. The highest BCUT2D eigenvalue weighted by Gasteiger charge is 2.71. The molecule has 6 nitrogen and oxygen atoms in total. The van der Waals surface area contributed by atoms with Gasteiger partial charge in [-0.25, -0.2) is 0 Å². The molecule has 0 radical (unpaired) electrons. The maximum atomic E-state index is 14.2. The lowest BCUT2D eigenvalue weighted by molar-refractivity contribution is -0.384. The van der Waals surface area contributed by atoms with Crippen LogP contribution in [0, 0.1) is 10.1 Å². The van der Waals surface area contributed by atoms with E-state index in [1.54, 1.807) is 33.5 Å². The Hall–Kier alpha value is -1.49. The summed E-state index contributed by atoms with van der Waals surface area (Å²) in [6.45, 7) is 8.39. The molecule has 2 rings (SSSR count). The van der Waals surface area contributed by atoms with Gasteiger partial charge in [-0.2, -0.15) is 18.2 Å². The van der Waals surface area contributed by atoms with E-state index >= 15 is 0 Å². The van der Waals surface area contributed by atoms with Gasteiger partial charge in [-0.1, -0.05) is 0 Å². The van der Waals surface area contributed by atoms with Gasteiger partial charge in [0.25, 0.3) is 5.69 Å². The van der Waals surface area contributed by atoms with Gasteiger partial charge in [-0.05, 0) is 51.2 Å². The molecule has 140 valence electrons. The van der Waals surface area contributed by atoms with Crippen molar-refractivity contribution in [1.29, 1.82) is 0 Å². The normalized spacial score (nSPS) is 23.4. The summed E-state index contributed by atoms with van der Waals surface area (Å²) in [6.07, 6.45) is -6.10. The molecule has 0 spiro atoms. The molecule has 1 aromatic carbocycles. The maximum Gasteiger partial charge on any atom is 0.424 e. The maximum absolute atomic E-state index is 14.2. The number of benzene rings is 1. The molecule has 25 heavy (non-hydrogen) atoms. The van der Waals surface area contributed by atoms with Crippen LogP contribution in [0.5, 0.6) is 0 Å². The van der Waals surface area contributed by atoms with Gasteiger partial charge in [0.1, 0.15) is 0 Å². The van der Waals surface area contributed by atoms with Gasteiger partial charge in [-0.3, -0.25) is 15.0 Å². The Kier molecular flexibility index (Phi) is 5.03. The number of hydrogen-bond donors (Lipinski definition) is 0. The average molecular weight is 378 g/mol. The van der Waals surface area contributed by atoms with Crippen LogP contribution in [0.2, 0.25) is 19.6 Å². The lowest BCUT2D eigenvalue weighted by Gasteiger charge is -2.39. The predicted molar refractivity (Wildman–Crippen MR) is 87.1 cm³/mol. The molecule has 1 aromatic rings. The second kappa shape index (κ2) is 6.34. The summed E-state index contributed by atoms with van der Waals surface area (Å²) in [4.78, 5) is 15.4. The average Bonchev–Trinajstić information content (AvgIpc) is 3.23. The van der Waals surface area contributed by atoms with Crippen molar-refractivity contribution < 1.29 is 27.4 Å². The summed E-state index contributed by atoms with van der Waals surface area (Å²) < 4.78 is 48.4. The Balaban J connectivity index is 2.59. The fourth-order valence-electron chi connectivity index (χ4n) is 2.66. The topological polar surface area (TPSA) is 67.9 Å². The summed E-state index contributed by atoms with van der Waals surface area (Å²) in [5.41, 5.74) is -3.19. The van der Waals surface area contributed by atoms with E-state index in [1.807, 2.05) is 0 Å². The second-order valence-electron chi connectivity index (χ2n) is 7.16. The third-order valence-corrected chi connectivity index (χ3v) is 4.59. The zero-order valence-corrected chi connectivity index (χ0v) is 15.6. The second-order valence-corrected chi connectivity index (χ2v) is 11.6. The van der Waals surface area contributed by atoms with Gasteiger partial charge in [-0.15, -0.1) is 0 Å². The van der Waals surface area contributed by atoms with Crippen molar-refractivity contribution in [3.63, 3.8) is 0 Å². The van der Waals surface area contributed by atoms with Crippen LogP contribution in [-0.4, -0.2) is 36.7 Å². The Morgan fingerprint density at radius 3 is 2.08 bits per heavy atom. The predicted octanol–water partition coefficient (Wildman–Crippen LogP) is 4.19. The van der Waals surface area contributed by atoms with Crippen LogP contribution in [0.4, 0.5) is 18.9 Å². The SMILES string of the molecule is CC(C)N1OC1C(O[Si](C)(C)C)(c1ccc([N+](=O)[O-])cc1)C(F)(F)F. The molecule has 0 saturated carbocycles. The molecule has 0 N–H and O–H groups in total. The first-order valence-electron chi connectivity index (χ1n) is 7.76. The monoisotopic (exact) mass is 378 g/mol. The van der Waals surface area contributed by atoms with Crippen LogP contribution in [0.1, 0.15) is 19.4 Å². The molecule has 1 heterocycles. The quantitative estimate of drug-likeness (QED) is 0.321. The molecule has 0 amide bonds. The van der Waals surface area contributed by atoms with Crippen molar-refractivity contribution in [2.45, 2.75) is 57.5 Å². The van der Waals surface area contributed by atoms with Crippen LogP contribution < -0.4 is 0 Å². The fourth-order valence-corrected chi connectivity index (χ4v) is 3.96. The number of alkyl halides is 3. The Morgan fingerprint density at radius 2 is 1.76 bits per heavy atom. The van der Waals surface area contributed by atoms with E-state index in [9.17, 15) is 23.3 Å². The van der Waals surface area contributed by atoms with E-state index in [0.29, 0.717) is 0 Å². The van der Waals surface area contributed by atoms with Crippen molar-refractivity contribution in [3.05, 3.63) is 39.9 Å². The first kappa shape index (κ1) is 19.8. The van der Waals surface area contributed by atoms with Crippen LogP contribution in [0.15, 0.2) is 24.3 Å². The largest absolute Gasteiger partial charge is 0.424 e. The van der Waals surface area contributed by atoms with E-state index in [4.69, 9.17) is 9.26 Å². The number of nitro benzene ring substituents is 1. The number of nitrogens with zero attached hydrogens (tertiary/aromatic N) is 2. The summed E-state index contributed by atoms with van der Waals surface area (Å²) in [6, 6.07) is 4.00. The first-order chi connectivity index (χ1) is 11.3. The van der Waals surface area contributed by atoms with Crippen molar-refractivity contribution in [2.24, 2.45) is 0 Å². The lowest BCUT2D eigenvalue weighted by atomic mass is 9.91. The first-order valence-corrected chi connectivity index (χ1v) is 11.2. The minimum Gasteiger partial charge on any atom is -0.397 e. The highest BCUT2D eigenvalue weighted by molar-refractivity contribution is 6.69. The van der Waals surface area contributed by atoms with Crippen molar-refractivity contribution in [3.8, 4) is 0 Å². The number of hydroxylamine groups is 2. The standard InChI is InChI=1S/C15H21F3N2O4Si/c1-10(2)19-13(23-19)14(15(16,17)18,24-25(3,4)5)11-6-8-12(9-7-11)20(21)22/h6-10,13H,1-5H3. The molecule has 1 aliphatic rings. The molecule has 1 fully saturated rings. The molecule has 0 aromatic heterocycles. The number of non-ortho nitro benzene ring substituents is 1. The van der Waals surface area contributed by atoms with Crippen molar-refractivity contribution >= 4 is 14.0 Å². The van der Waals surface area contributed by atoms with Crippen molar-refractivity contribution in [2.75, 3.05) is 0 Å². The van der Waals surface area contributed by atoms with Crippen molar-refractivity contribution in [1.82, 2.24) is 5.06 Å². The third kappa shape index (κ3) is 3.86. The minimum atomic E-state index is -4.77. The number of halogens is 3. The van der Waals surface area contributed by atoms with Crippen LogP contribution in [0.3, 0.4) is 0 Å². The Labute approximate surface area is 144 Å². The Bertz CT molecular complexity index is 646. The molecule has 0 aliphatic carbocycles. The zero-order valence-electron chi connectivity index (χ0n) is 14.6. The van der Waals surface area contributed by atoms with Crippen LogP contribution in [0.25, 0.3) is 0 Å². The molecule has 0 bridgehead atoms. The van der Waals surface area contributed by atoms with Crippen LogP contribution in [-0.2, 0) is 14.9 Å². The van der Waals surface area contributed by atoms with Gasteiger partial charge in [0.15, 0.2) is 14.5 Å². The lowest BCUT2D eigenvalue weighted by Crippen LogP contribution is -2.55.